The van der Waals surface area contributed by atoms with Gasteiger partial charge in [0.05, 0.1) is 14.2 Å². The highest BCUT2D eigenvalue weighted by atomic mass is 16.5. The molecule has 0 bridgehead atoms. The zero-order valence-electron chi connectivity index (χ0n) is 12.3. The normalized spacial score (nSPS) is 23.9. The van der Waals surface area contributed by atoms with Crippen LogP contribution in [-0.4, -0.2) is 39.4 Å². The van der Waals surface area contributed by atoms with E-state index >= 15 is 0 Å². The van der Waals surface area contributed by atoms with E-state index in [1.807, 2.05) is 6.07 Å². The number of ether oxygens (including phenoxy) is 2. The average molecular weight is 264 g/mol. The molecule has 1 saturated heterocycles. The summed E-state index contributed by atoms with van der Waals surface area (Å²) in [4.78, 5) is 2.44. The fourth-order valence-corrected chi connectivity index (χ4v) is 2.60. The minimum Gasteiger partial charge on any atom is -0.493 e. The molecule has 0 saturated carbocycles. The average Bonchev–Trinajstić information content (AvgIpc) is 2.59. The quantitative estimate of drug-likeness (QED) is 0.908. The summed E-state index contributed by atoms with van der Waals surface area (Å²) in [7, 11) is 3.34. The van der Waals surface area contributed by atoms with Crippen molar-refractivity contribution in [2.75, 3.05) is 32.2 Å². The van der Waals surface area contributed by atoms with Gasteiger partial charge in [-0.05, 0) is 38.9 Å². The van der Waals surface area contributed by atoms with Gasteiger partial charge in [0.15, 0.2) is 11.5 Å². The maximum atomic E-state index is 5.39. The summed E-state index contributed by atoms with van der Waals surface area (Å²) in [5.41, 5.74) is 1.20. The largest absolute Gasteiger partial charge is 0.493 e. The highest BCUT2D eigenvalue weighted by Crippen LogP contribution is 2.32. The molecular formula is C15H24N2O2. The van der Waals surface area contributed by atoms with Crippen LogP contribution in [0.25, 0.3) is 0 Å². The molecule has 0 aliphatic carbocycles. The maximum absolute atomic E-state index is 5.39. The number of hydrogen-bond acceptors (Lipinski definition) is 4. The van der Waals surface area contributed by atoms with E-state index in [4.69, 9.17) is 9.47 Å². The molecule has 2 rings (SSSR count). The number of benzene rings is 1. The number of nitrogens with zero attached hydrogens (tertiary/aromatic N) is 1. The van der Waals surface area contributed by atoms with E-state index in [2.05, 4.69) is 36.2 Å². The van der Waals surface area contributed by atoms with Gasteiger partial charge < -0.3 is 19.7 Å². The summed E-state index contributed by atoms with van der Waals surface area (Å²) < 4.78 is 10.7. The third kappa shape index (κ3) is 3.13. The Bertz CT molecular complexity index is 423. The lowest BCUT2D eigenvalue weighted by molar-refractivity contribution is 0.355. The molecule has 0 aromatic heterocycles. The fourth-order valence-electron chi connectivity index (χ4n) is 2.60. The third-order valence-corrected chi connectivity index (χ3v) is 3.76. The summed E-state index contributed by atoms with van der Waals surface area (Å²) in [5, 5.41) is 3.53. The van der Waals surface area contributed by atoms with E-state index in [-0.39, 0.29) is 0 Å². The Labute approximate surface area is 115 Å². The predicted molar refractivity (Wildman–Crippen MR) is 78.4 cm³/mol. The molecule has 2 unspecified atom stereocenters. The fraction of sp³-hybridized carbons (Fsp3) is 0.600. The standard InChI is InChI=1S/C15H24N2O2/c1-11-10-17(12(2)7-8-16-11)13-5-6-14(18-3)15(9-13)19-4/h5-6,9,11-12,16H,7-8,10H2,1-4H3. The van der Waals surface area contributed by atoms with E-state index < -0.39 is 0 Å². The van der Waals surface area contributed by atoms with Crippen molar-refractivity contribution in [2.24, 2.45) is 0 Å². The number of methoxy groups -OCH3 is 2. The van der Waals surface area contributed by atoms with Crippen molar-refractivity contribution in [1.82, 2.24) is 5.32 Å². The number of nitrogens with one attached hydrogen (secondary N) is 1. The first-order valence-corrected chi connectivity index (χ1v) is 6.87. The molecule has 0 spiro atoms. The van der Waals surface area contributed by atoms with E-state index in [9.17, 15) is 0 Å². The van der Waals surface area contributed by atoms with Crippen molar-refractivity contribution in [3.8, 4) is 11.5 Å². The van der Waals surface area contributed by atoms with Crippen LogP contribution < -0.4 is 19.7 Å². The van der Waals surface area contributed by atoms with Crippen LogP contribution in [0.15, 0.2) is 18.2 Å². The van der Waals surface area contributed by atoms with Crippen molar-refractivity contribution in [1.29, 1.82) is 0 Å². The minimum atomic E-state index is 0.498. The summed E-state index contributed by atoms with van der Waals surface area (Å²) in [6.45, 7) is 6.59. The monoisotopic (exact) mass is 264 g/mol. The molecule has 1 fully saturated rings. The molecule has 2 atom stereocenters. The molecule has 1 heterocycles. The lowest BCUT2D eigenvalue weighted by Gasteiger charge is -2.31. The second-order valence-electron chi connectivity index (χ2n) is 5.18. The zero-order chi connectivity index (χ0) is 13.8. The number of anilines is 1. The Morgan fingerprint density at radius 3 is 2.58 bits per heavy atom. The van der Waals surface area contributed by atoms with Crippen molar-refractivity contribution < 1.29 is 9.47 Å². The highest BCUT2D eigenvalue weighted by Gasteiger charge is 2.21. The second-order valence-corrected chi connectivity index (χ2v) is 5.18. The number of hydrogen-bond donors (Lipinski definition) is 1. The SMILES string of the molecule is COc1ccc(N2CC(C)NCCC2C)cc1OC. The van der Waals surface area contributed by atoms with Crippen LogP contribution in [0.4, 0.5) is 5.69 Å². The zero-order valence-corrected chi connectivity index (χ0v) is 12.3. The van der Waals surface area contributed by atoms with Crippen molar-refractivity contribution in [2.45, 2.75) is 32.4 Å². The molecule has 4 heteroatoms. The van der Waals surface area contributed by atoms with Crippen LogP contribution in [0.5, 0.6) is 11.5 Å². The number of rotatable bonds is 3. The van der Waals surface area contributed by atoms with E-state index in [0.717, 1.165) is 31.0 Å². The Kier molecular flexibility index (Phi) is 4.53. The van der Waals surface area contributed by atoms with Crippen LogP contribution in [-0.2, 0) is 0 Å². The first kappa shape index (κ1) is 14.0. The molecule has 0 radical (unpaired) electrons. The Morgan fingerprint density at radius 1 is 1.16 bits per heavy atom. The Balaban J connectivity index is 2.28. The van der Waals surface area contributed by atoms with Gasteiger partial charge in [0, 0.05) is 30.4 Å². The van der Waals surface area contributed by atoms with Gasteiger partial charge >= 0.3 is 0 Å². The summed E-state index contributed by atoms with van der Waals surface area (Å²) in [5.74, 6) is 1.57. The first-order chi connectivity index (χ1) is 9.15. The van der Waals surface area contributed by atoms with E-state index in [0.29, 0.717) is 12.1 Å². The van der Waals surface area contributed by atoms with Gasteiger partial charge in [-0.2, -0.15) is 0 Å². The Morgan fingerprint density at radius 2 is 1.89 bits per heavy atom. The molecule has 1 aliphatic rings. The van der Waals surface area contributed by atoms with Crippen molar-refractivity contribution in [3.05, 3.63) is 18.2 Å². The van der Waals surface area contributed by atoms with Crippen molar-refractivity contribution >= 4 is 5.69 Å². The van der Waals surface area contributed by atoms with Gasteiger partial charge in [0.25, 0.3) is 0 Å². The predicted octanol–water partition coefficient (Wildman–Crippen LogP) is 2.28. The van der Waals surface area contributed by atoms with Gasteiger partial charge in [-0.3, -0.25) is 0 Å². The van der Waals surface area contributed by atoms with Crippen LogP contribution in [0, 0.1) is 0 Å². The highest BCUT2D eigenvalue weighted by molar-refractivity contribution is 5.57. The van der Waals surface area contributed by atoms with Gasteiger partial charge in [-0.25, -0.2) is 0 Å². The molecule has 0 amide bonds. The molecule has 4 nitrogen and oxygen atoms in total. The van der Waals surface area contributed by atoms with E-state index in [1.165, 1.54) is 5.69 Å². The summed E-state index contributed by atoms with van der Waals surface area (Å²) in [6, 6.07) is 7.17. The molecule has 1 N–H and O–H groups in total. The lowest BCUT2D eigenvalue weighted by atomic mass is 10.1. The van der Waals surface area contributed by atoms with Crippen LogP contribution in [0.1, 0.15) is 20.3 Å². The van der Waals surface area contributed by atoms with Gasteiger partial charge in [0.2, 0.25) is 0 Å². The third-order valence-electron chi connectivity index (χ3n) is 3.76. The first-order valence-electron chi connectivity index (χ1n) is 6.87. The molecule has 1 aromatic rings. The van der Waals surface area contributed by atoms with Gasteiger partial charge in [0.1, 0.15) is 0 Å². The van der Waals surface area contributed by atoms with Crippen molar-refractivity contribution in [3.63, 3.8) is 0 Å². The molecular weight excluding hydrogens is 240 g/mol. The van der Waals surface area contributed by atoms with Crippen LogP contribution in [0.2, 0.25) is 0 Å². The van der Waals surface area contributed by atoms with Gasteiger partial charge in [-0.1, -0.05) is 0 Å². The minimum absolute atomic E-state index is 0.498. The lowest BCUT2D eigenvalue weighted by Crippen LogP contribution is -2.38. The molecule has 1 aliphatic heterocycles. The smallest absolute Gasteiger partial charge is 0.162 e. The maximum Gasteiger partial charge on any atom is 0.162 e. The topological polar surface area (TPSA) is 33.7 Å². The molecule has 1 aromatic carbocycles. The summed E-state index contributed by atoms with van der Waals surface area (Å²) in [6.07, 6.45) is 1.15. The van der Waals surface area contributed by atoms with Gasteiger partial charge in [-0.15, -0.1) is 0 Å². The molecule has 19 heavy (non-hydrogen) atoms. The molecule has 106 valence electrons. The summed E-state index contributed by atoms with van der Waals surface area (Å²) >= 11 is 0. The van der Waals surface area contributed by atoms with Crippen LogP contribution in [0.3, 0.4) is 0 Å². The van der Waals surface area contributed by atoms with Crippen LogP contribution >= 0.6 is 0 Å². The van der Waals surface area contributed by atoms with E-state index in [1.54, 1.807) is 14.2 Å². The Hall–Kier alpha value is -1.42. The second kappa shape index (κ2) is 6.15.